The van der Waals surface area contributed by atoms with E-state index in [4.69, 9.17) is 16.2 Å². The van der Waals surface area contributed by atoms with E-state index >= 15 is 0 Å². The van der Waals surface area contributed by atoms with Crippen molar-refractivity contribution in [2.45, 2.75) is 13.3 Å². The number of anilines is 2. The fraction of sp³-hybridized carbons (Fsp3) is 0.300. The van der Waals surface area contributed by atoms with Crippen LogP contribution in [0.4, 0.5) is 15.8 Å². The van der Waals surface area contributed by atoms with Crippen LogP contribution in [0.3, 0.4) is 0 Å². The third-order valence-electron chi connectivity index (χ3n) is 1.97. The average Bonchev–Trinajstić information content (AvgIpc) is 2.19. The molecule has 0 radical (unpaired) electrons. The Hall–Kier alpha value is -1.78. The molecule has 0 aliphatic rings. The van der Waals surface area contributed by atoms with Crippen molar-refractivity contribution >= 4 is 17.3 Å². The van der Waals surface area contributed by atoms with Gasteiger partial charge < -0.3 is 16.2 Å². The third kappa shape index (κ3) is 2.59. The Morgan fingerprint density at radius 2 is 2.13 bits per heavy atom. The maximum atomic E-state index is 13.1. The number of rotatable bonds is 3. The zero-order valence-electron chi connectivity index (χ0n) is 8.42. The molecule has 0 aromatic heterocycles. The minimum Gasteiger partial charge on any atom is -0.466 e. The zero-order valence-corrected chi connectivity index (χ0v) is 8.42. The molecular weight excluding hydrogens is 199 g/mol. The number of esters is 1. The second-order valence-electron chi connectivity index (χ2n) is 3.01. The summed E-state index contributed by atoms with van der Waals surface area (Å²) in [6, 6.07) is 2.54. The molecule has 0 amide bonds. The van der Waals surface area contributed by atoms with Crippen LogP contribution in [0.5, 0.6) is 0 Å². The summed E-state index contributed by atoms with van der Waals surface area (Å²) in [6.07, 6.45) is -0.108. The Bertz CT molecular complexity index is 380. The van der Waals surface area contributed by atoms with Gasteiger partial charge in [-0.05, 0) is 19.1 Å². The number of carbonyl (C=O) groups is 1. The highest BCUT2D eigenvalue weighted by atomic mass is 19.1. The van der Waals surface area contributed by atoms with Crippen LogP contribution in [0.2, 0.25) is 0 Å². The quantitative estimate of drug-likeness (QED) is 0.580. The Balaban J connectivity index is 2.93. The van der Waals surface area contributed by atoms with Gasteiger partial charge in [-0.3, -0.25) is 4.79 Å². The van der Waals surface area contributed by atoms with Gasteiger partial charge in [-0.25, -0.2) is 4.39 Å². The molecule has 4 nitrogen and oxygen atoms in total. The highest BCUT2D eigenvalue weighted by Gasteiger charge is 2.13. The molecular formula is C10H13FN2O2. The predicted octanol–water partition coefficient (Wildman–Crippen LogP) is 1.10. The number of hydrogen-bond donors (Lipinski definition) is 2. The molecule has 0 spiro atoms. The minimum absolute atomic E-state index is 0.0944. The fourth-order valence-electron chi connectivity index (χ4n) is 1.21. The van der Waals surface area contributed by atoms with Crippen molar-refractivity contribution in [3.8, 4) is 0 Å². The number of nitrogen functional groups attached to an aromatic ring is 2. The monoisotopic (exact) mass is 212 g/mol. The van der Waals surface area contributed by atoms with Crippen molar-refractivity contribution in [3.63, 3.8) is 0 Å². The molecule has 0 fully saturated rings. The van der Waals surface area contributed by atoms with Gasteiger partial charge in [0.05, 0.1) is 18.7 Å². The van der Waals surface area contributed by atoms with Crippen LogP contribution >= 0.6 is 0 Å². The van der Waals surface area contributed by atoms with E-state index in [1.807, 2.05) is 0 Å². The molecule has 0 unspecified atom stereocenters. The van der Waals surface area contributed by atoms with E-state index in [0.717, 1.165) is 0 Å². The molecule has 0 saturated carbocycles. The highest BCUT2D eigenvalue weighted by molar-refractivity contribution is 5.78. The molecule has 0 atom stereocenters. The van der Waals surface area contributed by atoms with Crippen LogP contribution in [0.25, 0.3) is 0 Å². The van der Waals surface area contributed by atoms with Crippen molar-refractivity contribution in [1.29, 1.82) is 0 Å². The van der Waals surface area contributed by atoms with Crippen LogP contribution in [0.1, 0.15) is 12.5 Å². The standard InChI is InChI=1S/C10H13FN2O2/c1-2-15-9(14)5-6-8(12)4-3-7(11)10(6)13/h3-4H,2,5,12-13H2,1H3. The van der Waals surface area contributed by atoms with Gasteiger partial charge in [-0.1, -0.05) is 0 Å². The topological polar surface area (TPSA) is 78.3 Å². The van der Waals surface area contributed by atoms with E-state index in [0.29, 0.717) is 5.69 Å². The van der Waals surface area contributed by atoms with Crippen molar-refractivity contribution < 1.29 is 13.9 Å². The number of halogens is 1. The minimum atomic E-state index is -0.580. The molecule has 1 aromatic rings. The van der Waals surface area contributed by atoms with Crippen LogP contribution < -0.4 is 11.5 Å². The lowest BCUT2D eigenvalue weighted by molar-refractivity contribution is -0.142. The van der Waals surface area contributed by atoms with Gasteiger partial charge >= 0.3 is 5.97 Å². The predicted molar refractivity (Wildman–Crippen MR) is 55.6 cm³/mol. The van der Waals surface area contributed by atoms with Gasteiger partial charge in [0, 0.05) is 11.3 Å². The summed E-state index contributed by atoms with van der Waals surface area (Å²) < 4.78 is 17.8. The van der Waals surface area contributed by atoms with Crippen LogP contribution in [0.15, 0.2) is 12.1 Å². The van der Waals surface area contributed by atoms with Gasteiger partial charge in [0.1, 0.15) is 5.82 Å². The van der Waals surface area contributed by atoms with Crippen molar-refractivity contribution in [2.24, 2.45) is 0 Å². The summed E-state index contributed by atoms with van der Waals surface area (Å²) in [4.78, 5) is 11.2. The van der Waals surface area contributed by atoms with Gasteiger partial charge in [0.25, 0.3) is 0 Å². The number of hydrogen-bond acceptors (Lipinski definition) is 4. The summed E-state index contributed by atoms with van der Waals surface area (Å²) in [6.45, 7) is 1.96. The third-order valence-corrected chi connectivity index (χ3v) is 1.97. The lowest BCUT2D eigenvalue weighted by Gasteiger charge is -2.09. The Morgan fingerprint density at radius 1 is 1.47 bits per heavy atom. The van der Waals surface area contributed by atoms with Gasteiger partial charge in [0.2, 0.25) is 0 Å². The SMILES string of the molecule is CCOC(=O)Cc1c(N)ccc(F)c1N. The van der Waals surface area contributed by atoms with Gasteiger partial charge in [-0.15, -0.1) is 0 Å². The first-order chi connectivity index (χ1) is 7.06. The van der Waals surface area contributed by atoms with E-state index in [-0.39, 0.29) is 24.3 Å². The fourth-order valence-corrected chi connectivity index (χ4v) is 1.21. The lowest BCUT2D eigenvalue weighted by atomic mass is 10.1. The molecule has 5 heteroatoms. The first kappa shape index (κ1) is 11.3. The summed E-state index contributed by atoms with van der Waals surface area (Å²) in [5.41, 5.74) is 11.5. The maximum Gasteiger partial charge on any atom is 0.310 e. The van der Waals surface area contributed by atoms with Gasteiger partial charge in [-0.2, -0.15) is 0 Å². The average molecular weight is 212 g/mol. The van der Waals surface area contributed by atoms with Crippen LogP contribution in [-0.4, -0.2) is 12.6 Å². The normalized spacial score (nSPS) is 10.0. The smallest absolute Gasteiger partial charge is 0.310 e. The summed E-state index contributed by atoms with van der Waals surface area (Å²) in [7, 11) is 0. The summed E-state index contributed by atoms with van der Waals surface area (Å²) in [5.74, 6) is -1.05. The highest BCUT2D eigenvalue weighted by Crippen LogP contribution is 2.23. The van der Waals surface area contributed by atoms with Gasteiger partial charge in [0.15, 0.2) is 0 Å². The largest absolute Gasteiger partial charge is 0.466 e. The second-order valence-corrected chi connectivity index (χ2v) is 3.01. The number of ether oxygens (including phenoxy) is 1. The van der Waals surface area contributed by atoms with Crippen LogP contribution in [0, 0.1) is 5.82 Å². The van der Waals surface area contributed by atoms with Crippen LogP contribution in [-0.2, 0) is 16.0 Å². The molecule has 1 rings (SSSR count). The molecule has 4 N–H and O–H groups in total. The zero-order chi connectivity index (χ0) is 11.4. The molecule has 0 aliphatic carbocycles. The van der Waals surface area contributed by atoms with Crippen molar-refractivity contribution in [3.05, 3.63) is 23.5 Å². The van der Waals surface area contributed by atoms with Crippen molar-refractivity contribution in [1.82, 2.24) is 0 Å². The number of carbonyl (C=O) groups excluding carboxylic acids is 1. The molecule has 0 aliphatic heterocycles. The van der Waals surface area contributed by atoms with E-state index < -0.39 is 11.8 Å². The van der Waals surface area contributed by atoms with E-state index in [1.54, 1.807) is 6.92 Å². The molecule has 15 heavy (non-hydrogen) atoms. The summed E-state index contributed by atoms with van der Waals surface area (Å²) in [5, 5.41) is 0. The molecule has 82 valence electrons. The molecule has 1 aromatic carbocycles. The summed E-state index contributed by atoms with van der Waals surface area (Å²) >= 11 is 0. The Kier molecular flexibility index (Phi) is 3.49. The number of nitrogens with two attached hydrogens (primary N) is 2. The van der Waals surface area contributed by atoms with Crippen molar-refractivity contribution in [2.75, 3.05) is 18.1 Å². The first-order valence-electron chi connectivity index (χ1n) is 4.54. The molecule has 0 saturated heterocycles. The maximum absolute atomic E-state index is 13.1. The Labute approximate surface area is 87.0 Å². The Morgan fingerprint density at radius 3 is 2.73 bits per heavy atom. The van der Waals surface area contributed by atoms with E-state index in [2.05, 4.69) is 0 Å². The molecule has 0 heterocycles. The molecule has 0 bridgehead atoms. The second kappa shape index (κ2) is 4.63. The lowest BCUT2D eigenvalue weighted by Crippen LogP contribution is -2.12. The van der Waals surface area contributed by atoms with E-state index in [9.17, 15) is 9.18 Å². The van der Waals surface area contributed by atoms with E-state index in [1.165, 1.54) is 12.1 Å². The first-order valence-corrected chi connectivity index (χ1v) is 4.54. The number of benzene rings is 1.